The molecule has 0 saturated heterocycles. The van der Waals surface area contributed by atoms with E-state index in [1.165, 1.54) is 0 Å². The monoisotopic (exact) mass is 237 g/mol. The third kappa shape index (κ3) is 5.19. The minimum atomic E-state index is -0.147. The van der Waals surface area contributed by atoms with Crippen LogP contribution in [0.1, 0.15) is 19.8 Å². The summed E-state index contributed by atoms with van der Waals surface area (Å²) in [6.45, 7) is 2.96. The third-order valence-electron chi connectivity index (χ3n) is 2.17. The zero-order chi connectivity index (χ0) is 12.5. The zero-order valence-corrected chi connectivity index (χ0v) is 10.3. The summed E-state index contributed by atoms with van der Waals surface area (Å²) in [5.74, 6) is 1.48. The molecule has 0 saturated carbocycles. The van der Waals surface area contributed by atoms with Crippen molar-refractivity contribution in [1.82, 2.24) is 4.98 Å². The number of nitrogens with zero attached hydrogens (tertiary/aromatic N) is 1. The van der Waals surface area contributed by atoms with E-state index in [9.17, 15) is 4.79 Å². The number of pyridine rings is 1. The van der Waals surface area contributed by atoms with Gasteiger partial charge in [0.25, 0.3) is 0 Å². The van der Waals surface area contributed by atoms with Crippen LogP contribution in [0.5, 0.6) is 0 Å². The Bertz CT molecular complexity index is 355. The molecule has 1 aromatic heterocycles. The molecule has 94 valence electrons. The van der Waals surface area contributed by atoms with Crippen molar-refractivity contribution in [3.05, 3.63) is 18.2 Å². The molecule has 1 heterocycles. The first-order chi connectivity index (χ1) is 8.26. The molecule has 0 aromatic carbocycles. The van der Waals surface area contributed by atoms with Gasteiger partial charge in [-0.15, -0.1) is 0 Å². The van der Waals surface area contributed by atoms with Gasteiger partial charge in [0.05, 0.1) is 6.61 Å². The van der Waals surface area contributed by atoms with Gasteiger partial charge in [-0.1, -0.05) is 6.07 Å². The van der Waals surface area contributed by atoms with E-state index in [-0.39, 0.29) is 5.97 Å². The van der Waals surface area contributed by atoms with Crippen molar-refractivity contribution in [1.29, 1.82) is 0 Å². The van der Waals surface area contributed by atoms with E-state index in [2.05, 4.69) is 15.6 Å². The summed E-state index contributed by atoms with van der Waals surface area (Å²) < 4.78 is 4.84. The minimum Gasteiger partial charge on any atom is -0.466 e. The second-order valence-corrected chi connectivity index (χ2v) is 3.49. The molecule has 0 amide bonds. The summed E-state index contributed by atoms with van der Waals surface area (Å²) >= 11 is 0. The fourth-order valence-corrected chi connectivity index (χ4v) is 1.35. The number of aromatic nitrogens is 1. The summed E-state index contributed by atoms with van der Waals surface area (Å²) in [7, 11) is 1.83. The SMILES string of the molecule is CCOC(=O)CCCNc1cccc(NC)n1. The molecule has 5 nitrogen and oxygen atoms in total. The molecule has 0 radical (unpaired) electrons. The molecule has 2 N–H and O–H groups in total. The zero-order valence-electron chi connectivity index (χ0n) is 10.3. The maximum absolute atomic E-state index is 11.1. The van der Waals surface area contributed by atoms with Crippen LogP contribution in [-0.4, -0.2) is 31.2 Å². The first kappa shape index (κ1) is 13.3. The van der Waals surface area contributed by atoms with Crippen molar-refractivity contribution in [3.63, 3.8) is 0 Å². The van der Waals surface area contributed by atoms with Crippen LogP contribution in [-0.2, 0) is 9.53 Å². The average molecular weight is 237 g/mol. The van der Waals surface area contributed by atoms with E-state index < -0.39 is 0 Å². The van der Waals surface area contributed by atoms with Crippen LogP contribution in [0, 0.1) is 0 Å². The Morgan fingerprint density at radius 3 is 2.88 bits per heavy atom. The Morgan fingerprint density at radius 2 is 2.18 bits per heavy atom. The van der Waals surface area contributed by atoms with Crippen LogP contribution < -0.4 is 10.6 Å². The van der Waals surface area contributed by atoms with Gasteiger partial charge in [0.15, 0.2) is 0 Å². The molecule has 0 aliphatic carbocycles. The highest BCUT2D eigenvalue weighted by Crippen LogP contribution is 2.08. The first-order valence-corrected chi connectivity index (χ1v) is 5.80. The molecule has 1 aromatic rings. The Kier molecular flexibility index (Phi) is 5.85. The second-order valence-electron chi connectivity index (χ2n) is 3.49. The van der Waals surface area contributed by atoms with E-state index in [0.29, 0.717) is 19.6 Å². The predicted octanol–water partition coefficient (Wildman–Crippen LogP) is 1.88. The van der Waals surface area contributed by atoms with Gasteiger partial charge < -0.3 is 15.4 Å². The number of carbonyl (C=O) groups is 1. The molecule has 0 spiro atoms. The fraction of sp³-hybridized carbons (Fsp3) is 0.500. The number of anilines is 2. The van der Waals surface area contributed by atoms with E-state index in [4.69, 9.17) is 4.74 Å². The molecular weight excluding hydrogens is 218 g/mol. The molecule has 0 bridgehead atoms. The van der Waals surface area contributed by atoms with Crippen molar-refractivity contribution in [2.75, 3.05) is 30.8 Å². The van der Waals surface area contributed by atoms with E-state index in [0.717, 1.165) is 18.1 Å². The Hall–Kier alpha value is -1.78. The molecule has 0 aliphatic heterocycles. The number of rotatable bonds is 7. The van der Waals surface area contributed by atoms with Crippen molar-refractivity contribution in [2.45, 2.75) is 19.8 Å². The largest absolute Gasteiger partial charge is 0.466 e. The number of ether oxygens (including phenoxy) is 1. The lowest BCUT2D eigenvalue weighted by Gasteiger charge is -2.06. The maximum atomic E-state index is 11.1. The van der Waals surface area contributed by atoms with Gasteiger partial charge in [-0.05, 0) is 25.5 Å². The molecule has 1 rings (SSSR count). The van der Waals surface area contributed by atoms with Crippen LogP contribution in [0.15, 0.2) is 18.2 Å². The van der Waals surface area contributed by atoms with Crippen molar-refractivity contribution in [3.8, 4) is 0 Å². The summed E-state index contributed by atoms with van der Waals surface area (Å²) in [6.07, 6.45) is 1.18. The predicted molar refractivity (Wildman–Crippen MR) is 68.1 cm³/mol. The summed E-state index contributed by atoms with van der Waals surface area (Å²) in [6, 6.07) is 5.71. The minimum absolute atomic E-state index is 0.147. The highest BCUT2D eigenvalue weighted by molar-refractivity contribution is 5.69. The van der Waals surface area contributed by atoms with Crippen molar-refractivity contribution in [2.24, 2.45) is 0 Å². The van der Waals surface area contributed by atoms with Crippen LogP contribution >= 0.6 is 0 Å². The fourth-order valence-electron chi connectivity index (χ4n) is 1.35. The standard InChI is InChI=1S/C12H19N3O2/c1-3-17-12(16)8-5-9-14-11-7-4-6-10(13-2)15-11/h4,6-7H,3,5,8-9H2,1-2H3,(H2,13,14,15). The number of hydrogen-bond donors (Lipinski definition) is 2. The molecule has 0 atom stereocenters. The number of carbonyl (C=O) groups excluding carboxylic acids is 1. The van der Waals surface area contributed by atoms with Crippen LogP contribution in [0.2, 0.25) is 0 Å². The summed E-state index contributed by atoms with van der Waals surface area (Å²) in [5.41, 5.74) is 0. The van der Waals surface area contributed by atoms with Crippen molar-refractivity contribution >= 4 is 17.6 Å². The smallest absolute Gasteiger partial charge is 0.305 e. The molecule has 0 unspecified atom stereocenters. The lowest BCUT2D eigenvalue weighted by atomic mass is 10.3. The molecule has 0 fully saturated rings. The Labute approximate surface area is 102 Å². The molecular formula is C12H19N3O2. The van der Waals surface area contributed by atoms with Gasteiger partial charge in [-0.2, -0.15) is 0 Å². The molecule has 5 heteroatoms. The van der Waals surface area contributed by atoms with Crippen LogP contribution in [0.4, 0.5) is 11.6 Å². The van der Waals surface area contributed by atoms with Gasteiger partial charge in [0, 0.05) is 20.0 Å². The lowest BCUT2D eigenvalue weighted by molar-refractivity contribution is -0.143. The third-order valence-corrected chi connectivity index (χ3v) is 2.17. The summed E-state index contributed by atoms with van der Waals surface area (Å²) in [5, 5.41) is 6.13. The topological polar surface area (TPSA) is 63.2 Å². The van der Waals surface area contributed by atoms with Gasteiger partial charge in [0.2, 0.25) is 0 Å². The van der Waals surface area contributed by atoms with Gasteiger partial charge in [-0.25, -0.2) is 4.98 Å². The number of esters is 1. The number of nitrogens with one attached hydrogen (secondary N) is 2. The van der Waals surface area contributed by atoms with Gasteiger partial charge in [0.1, 0.15) is 11.6 Å². The molecule has 0 aliphatic rings. The summed E-state index contributed by atoms with van der Waals surface area (Å²) in [4.78, 5) is 15.4. The van der Waals surface area contributed by atoms with Crippen molar-refractivity contribution < 1.29 is 9.53 Å². The van der Waals surface area contributed by atoms with Gasteiger partial charge in [-0.3, -0.25) is 4.79 Å². The Balaban J connectivity index is 2.24. The normalized spacial score (nSPS) is 9.76. The average Bonchev–Trinajstić information content (AvgIpc) is 2.35. The van der Waals surface area contributed by atoms with E-state index in [1.807, 2.05) is 32.2 Å². The van der Waals surface area contributed by atoms with E-state index >= 15 is 0 Å². The molecule has 17 heavy (non-hydrogen) atoms. The second kappa shape index (κ2) is 7.49. The Morgan fingerprint density at radius 1 is 1.41 bits per heavy atom. The van der Waals surface area contributed by atoms with E-state index in [1.54, 1.807) is 0 Å². The quantitative estimate of drug-likeness (QED) is 0.560. The van der Waals surface area contributed by atoms with Gasteiger partial charge >= 0.3 is 5.97 Å². The van der Waals surface area contributed by atoms with Crippen LogP contribution in [0.3, 0.4) is 0 Å². The number of hydrogen-bond acceptors (Lipinski definition) is 5. The van der Waals surface area contributed by atoms with Crippen LogP contribution in [0.25, 0.3) is 0 Å². The maximum Gasteiger partial charge on any atom is 0.305 e. The lowest BCUT2D eigenvalue weighted by Crippen LogP contribution is -2.09. The first-order valence-electron chi connectivity index (χ1n) is 5.80. The highest BCUT2D eigenvalue weighted by atomic mass is 16.5. The highest BCUT2D eigenvalue weighted by Gasteiger charge is 2.01.